The van der Waals surface area contributed by atoms with Crippen molar-refractivity contribution in [3.63, 3.8) is 0 Å². The topological polar surface area (TPSA) is 469 Å². The summed E-state index contributed by atoms with van der Waals surface area (Å²) in [6, 6.07) is 6.79. The maximum atomic E-state index is 13.6. The number of para-hydroxylation sites is 1. The Morgan fingerprint density at radius 2 is 0.826 bits per heavy atom. The summed E-state index contributed by atoms with van der Waals surface area (Å²) in [5.74, 6) is -4.34. The lowest BCUT2D eigenvalue weighted by molar-refractivity contribution is -0.134. The number of Topliss-reactive ketones (excluding diaryl/α,β-unsaturated/α-hetero) is 1. The number of benzene rings is 2. The summed E-state index contributed by atoms with van der Waals surface area (Å²) in [6.45, 7) is 33.8. The van der Waals surface area contributed by atoms with Crippen molar-refractivity contribution in [2.45, 2.75) is 245 Å². The predicted octanol–water partition coefficient (Wildman–Crippen LogP) is 1.68. The van der Waals surface area contributed by atoms with Crippen LogP contribution in [-0.4, -0.2) is 262 Å². The van der Waals surface area contributed by atoms with E-state index in [1.54, 1.807) is 93.2 Å². The molecule has 2 aromatic carbocycles. The van der Waals surface area contributed by atoms with Gasteiger partial charge in [-0.2, -0.15) is 0 Å². The number of carbonyl (C=O) groups is 14. The Bertz CT molecular complexity index is 3990. The number of H-pyrrole nitrogens is 1. The molecule has 636 valence electrons. The molecule has 7 heterocycles. The standard InChI is InChI=1S/C30H46N6O7.C28H40N6O5.C22H37N5O6/c1-17(2)12-22-26(40)32-18(3)24(38)31-14-30(15-36(16-30)28(42)43-29(5,6)7)35-19(4)25(39)33-23(27(41)34-22)13-20-8-10-21(37)11-9-20;1-17(2)10-21-24(36)30-14-28(15-34(16-28)26(38)39-27(3,4)5)31-13-23(35)32-22(25(37)33-21)11-18-12-29-20-9-7-6-8-19(18)20;1-13(2)7-15-18(30)23-10-22(11-27(12-22)20(32)33-21(4,5)6)24-9-17(29)25-16(8-14(3)28)19(31)26-15/h8-11,17-19,22-23,35,37H,12-16H2,1-7H3,(H,31,38)(H,32,40)(H,33,39)(H,34,41);6-9,12,17,21-22,29,31H,10-11,13-16H2,1-5H3,(H,30,36)(H,32,35)(H,33,37);13,15-16,24H,7-12H2,1-6H3,(H,23,30)(H,25,29)(H,26,31)/t18-,19-,22-,23-;21-,22-;15-,16-/m000/s1. The van der Waals surface area contributed by atoms with E-state index in [0.29, 0.717) is 24.8 Å². The van der Waals surface area contributed by atoms with Crippen LogP contribution in [-0.2, 0) is 79.8 Å². The van der Waals surface area contributed by atoms with Gasteiger partial charge in [-0.1, -0.05) is 71.9 Å². The minimum absolute atomic E-state index is 0.0445. The molecule has 0 radical (unpaired) electrons. The van der Waals surface area contributed by atoms with E-state index in [0.717, 1.165) is 16.5 Å². The average Bonchev–Trinajstić information content (AvgIpc) is 1.44. The lowest BCUT2D eigenvalue weighted by atomic mass is 9.88. The molecule has 9 rings (SSSR count). The van der Waals surface area contributed by atoms with Gasteiger partial charge < -0.3 is 92.2 Å². The van der Waals surface area contributed by atoms with Gasteiger partial charge in [-0.3, -0.25) is 68.7 Å². The minimum atomic E-state index is -1.07. The highest BCUT2D eigenvalue weighted by Gasteiger charge is 2.51. The van der Waals surface area contributed by atoms with Gasteiger partial charge in [0.1, 0.15) is 70.6 Å². The number of aromatic nitrogens is 1. The van der Waals surface area contributed by atoms with Crippen LogP contribution in [0.2, 0.25) is 0 Å². The van der Waals surface area contributed by atoms with E-state index in [9.17, 15) is 72.2 Å². The van der Waals surface area contributed by atoms with Gasteiger partial charge in [0, 0.05) is 95.3 Å². The number of ketones is 1. The van der Waals surface area contributed by atoms with Gasteiger partial charge in [-0.25, -0.2) is 14.4 Å². The third-order valence-electron chi connectivity index (χ3n) is 19.6. The van der Waals surface area contributed by atoms with Crippen LogP contribution < -0.4 is 69.1 Å². The highest BCUT2D eigenvalue weighted by atomic mass is 16.6. The van der Waals surface area contributed by atoms with Crippen LogP contribution >= 0.6 is 0 Å². The molecule has 35 heteroatoms. The van der Waals surface area contributed by atoms with Crippen molar-refractivity contribution in [3.05, 3.63) is 65.9 Å². The fraction of sp³-hybridized carbons (Fsp3) is 0.650. The zero-order valence-electron chi connectivity index (χ0n) is 69.8. The molecule has 0 unspecified atom stereocenters. The van der Waals surface area contributed by atoms with Crippen LogP contribution in [0.5, 0.6) is 5.75 Å². The molecule has 0 aliphatic carbocycles. The number of aromatic hydroxyl groups is 1. The predicted molar refractivity (Wildman–Crippen MR) is 426 cm³/mol. The van der Waals surface area contributed by atoms with Gasteiger partial charge in [-0.15, -0.1) is 0 Å². The van der Waals surface area contributed by atoms with E-state index in [1.165, 1.54) is 28.9 Å². The van der Waals surface area contributed by atoms with E-state index in [4.69, 9.17) is 14.2 Å². The monoisotopic (exact) mass is 1610 g/mol. The largest absolute Gasteiger partial charge is 0.508 e. The lowest BCUT2D eigenvalue weighted by Crippen LogP contribution is -2.76. The van der Waals surface area contributed by atoms with Gasteiger partial charge in [0.05, 0.1) is 35.7 Å². The number of hydrogen-bond donors (Lipinski definition) is 15. The number of carbonyl (C=O) groups excluding carboxylic acids is 14. The van der Waals surface area contributed by atoms with Crippen molar-refractivity contribution in [1.29, 1.82) is 0 Å². The molecule has 35 nitrogen and oxygen atoms in total. The number of likely N-dealkylation sites (tertiary alicyclic amines) is 3. The molecule has 6 fully saturated rings. The zero-order valence-corrected chi connectivity index (χ0v) is 69.8. The second-order valence-electron chi connectivity index (χ2n) is 35.5. The van der Waals surface area contributed by atoms with Gasteiger partial charge in [-0.05, 0) is 149 Å². The van der Waals surface area contributed by atoms with Crippen molar-refractivity contribution in [1.82, 2.24) is 88.8 Å². The van der Waals surface area contributed by atoms with E-state index in [1.807, 2.05) is 72.0 Å². The average molecular weight is 1610 g/mol. The second-order valence-corrected chi connectivity index (χ2v) is 35.5. The number of ether oxygens (including phenoxy) is 3. The summed E-state index contributed by atoms with van der Waals surface area (Å²) in [6.07, 6.45) is 1.75. The number of amides is 13. The Labute approximate surface area is 672 Å². The van der Waals surface area contributed by atoms with E-state index in [-0.39, 0.29) is 138 Å². The van der Waals surface area contributed by atoms with E-state index >= 15 is 0 Å². The molecule has 1 aromatic heterocycles. The fourth-order valence-electron chi connectivity index (χ4n) is 13.9. The minimum Gasteiger partial charge on any atom is -0.508 e. The van der Waals surface area contributed by atoms with Gasteiger partial charge in [0.25, 0.3) is 0 Å². The zero-order chi connectivity index (χ0) is 85.5. The molecular formula is C80H123N17O18. The summed E-state index contributed by atoms with van der Waals surface area (Å²) in [5, 5.41) is 48.2. The molecule has 0 bridgehead atoms. The Morgan fingerprint density at radius 3 is 1.26 bits per heavy atom. The molecular weight excluding hydrogens is 1490 g/mol. The summed E-state index contributed by atoms with van der Waals surface area (Å²) in [4.78, 5) is 188. The number of nitrogens with one attached hydrogen (secondary N) is 14. The molecule has 0 saturated carbocycles. The SMILES string of the molecule is CC(=O)C[C@@H]1NC(=O)CNC2(CNC(=O)[C@H](CC(C)C)NC1=O)CN(C(=O)OC(C)(C)C)C2.CC(C)C[C@@H]1NC(=O)[C@H](Cc2c[nH]c3ccccc23)NC(=O)CNC2(CNC1=O)CN(C(=O)OC(C)(C)C)C2.CC(C)C[C@@H]1NC(=O)[C@H](Cc2ccc(O)cc2)NC(=O)[C@H](C)NC2(CNC(=O)[C@H](C)NC1=O)CN(C(=O)OC(C)(C)C)C2. The van der Waals surface area contributed by atoms with Gasteiger partial charge in [0.15, 0.2) is 0 Å². The van der Waals surface area contributed by atoms with E-state index < -0.39 is 141 Å². The van der Waals surface area contributed by atoms with Crippen LogP contribution in [0.15, 0.2) is 54.7 Å². The summed E-state index contributed by atoms with van der Waals surface area (Å²) < 4.78 is 16.3. The lowest BCUT2D eigenvalue weighted by Gasteiger charge is -2.51. The summed E-state index contributed by atoms with van der Waals surface area (Å²) in [7, 11) is 0. The molecule has 15 N–H and O–H groups in total. The van der Waals surface area contributed by atoms with Crippen molar-refractivity contribution < 1.29 is 86.4 Å². The first-order valence-electron chi connectivity index (χ1n) is 39.5. The third-order valence-corrected chi connectivity index (χ3v) is 19.6. The first-order valence-corrected chi connectivity index (χ1v) is 39.5. The van der Waals surface area contributed by atoms with Crippen molar-refractivity contribution >= 4 is 94.0 Å². The van der Waals surface area contributed by atoms with Crippen molar-refractivity contribution in [3.8, 4) is 5.75 Å². The van der Waals surface area contributed by atoms with Crippen molar-refractivity contribution in [2.24, 2.45) is 17.8 Å². The number of rotatable bonds is 12. The van der Waals surface area contributed by atoms with Crippen LogP contribution in [0.25, 0.3) is 10.9 Å². The number of fused-ring (bicyclic) bond motifs is 1. The van der Waals surface area contributed by atoms with E-state index in [2.05, 4.69) is 74.1 Å². The quantitative estimate of drug-likeness (QED) is 0.115. The maximum absolute atomic E-state index is 13.6. The number of nitrogens with zero attached hydrogens (tertiary/aromatic N) is 3. The summed E-state index contributed by atoms with van der Waals surface area (Å²) >= 11 is 0. The molecule has 3 aromatic rings. The number of phenols is 1. The second kappa shape index (κ2) is 39.0. The van der Waals surface area contributed by atoms with Crippen molar-refractivity contribution in [2.75, 3.05) is 72.0 Å². The van der Waals surface area contributed by atoms with Crippen LogP contribution in [0, 0.1) is 17.8 Å². The number of phenolic OH excluding ortho intramolecular Hbond substituents is 1. The first-order chi connectivity index (χ1) is 53.5. The van der Waals surface area contributed by atoms with Gasteiger partial charge >= 0.3 is 18.3 Å². The van der Waals surface area contributed by atoms with Crippen LogP contribution in [0.1, 0.15) is 161 Å². The third kappa shape index (κ3) is 28.1. The number of aromatic amines is 1. The Hall–Kier alpha value is -10.2. The molecule has 6 aliphatic heterocycles. The highest BCUT2D eigenvalue weighted by Crippen LogP contribution is 2.29. The molecule has 6 aliphatic rings. The maximum Gasteiger partial charge on any atom is 0.410 e. The molecule has 3 spiro atoms. The first kappa shape index (κ1) is 92.0. The normalized spacial score (nSPS) is 24.0. The molecule has 13 amide bonds. The fourth-order valence-corrected chi connectivity index (χ4v) is 13.9. The molecule has 6 saturated heterocycles. The molecule has 8 atom stereocenters. The number of hydrogen-bond acceptors (Lipinski definition) is 21. The van der Waals surface area contributed by atoms with Crippen LogP contribution in [0.4, 0.5) is 14.4 Å². The Kier molecular flexibility index (Phi) is 31.2. The Morgan fingerprint density at radius 1 is 0.452 bits per heavy atom. The molecule has 115 heavy (non-hydrogen) atoms. The smallest absolute Gasteiger partial charge is 0.410 e. The van der Waals surface area contributed by atoms with Gasteiger partial charge in [0.2, 0.25) is 59.1 Å². The Balaban J connectivity index is 0.000000241. The summed E-state index contributed by atoms with van der Waals surface area (Å²) in [5.41, 5.74) is -1.71. The highest BCUT2D eigenvalue weighted by molar-refractivity contribution is 5.97. The van der Waals surface area contributed by atoms with Crippen LogP contribution in [0.3, 0.4) is 0 Å².